The molecule has 0 bridgehead atoms. The molecule has 0 aliphatic heterocycles. The highest BCUT2D eigenvalue weighted by Crippen LogP contribution is 2.26. The van der Waals surface area contributed by atoms with Crippen LogP contribution in [0.2, 0.25) is 0 Å². The van der Waals surface area contributed by atoms with Gasteiger partial charge in [0.25, 0.3) is 0 Å². The summed E-state index contributed by atoms with van der Waals surface area (Å²) < 4.78 is 14.6. The Morgan fingerprint density at radius 2 is 2.12 bits per heavy atom. The predicted molar refractivity (Wildman–Crippen MR) is 101 cm³/mol. The Morgan fingerprint density at radius 3 is 2.75 bits per heavy atom. The summed E-state index contributed by atoms with van der Waals surface area (Å²) in [5.74, 6) is 1.24. The minimum atomic E-state index is -0.380. The lowest BCUT2D eigenvalue weighted by atomic mass is 9.96. The fourth-order valence-corrected chi connectivity index (χ4v) is 2.77. The highest BCUT2D eigenvalue weighted by Gasteiger charge is 2.14. The fraction of sp³-hybridized carbons (Fsp3) is 0.474. The molecular weight excluding hydrogens is 303 g/mol. The maximum Gasteiger partial charge on any atom is 0.139 e. The molecule has 0 amide bonds. The molecule has 2 aromatic heterocycles. The normalized spacial score (nSPS) is 14.7. The number of alkyl halides is 1. The number of aliphatic imine (C=N–C) groups is 1. The number of nitrogens with zero attached hydrogens (tertiary/aromatic N) is 3. The number of aryl methyl sites for hydroxylation is 1. The summed E-state index contributed by atoms with van der Waals surface area (Å²) in [7, 11) is 1.80. The molecule has 0 aliphatic rings. The Balaban J connectivity index is 2.49. The van der Waals surface area contributed by atoms with Gasteiger partial charge >= 0.3 is 0 Å². The maximum atomic E-state index is 12.7. The monoisotopic (exact) mass is 330 g/mol. The predicted octanol–water partition coefficient (Wildman–Crippen LogP) is 4.83. The van der Waals surface area contributed by atoms with Crippen LogP contribution in [0, 0.1) is 5.92 Å². The van der Waals surface area contributed by atoms with E-state index >= 15 is 0 Å². The van der Waals surface area contributed by atoms with Gasteiger partial charge in [0, 0.05) is 24.8 Å². The summed E-state index contributed by atoms with van der Waals surface area (Å²) in [6.45, 7) is 8.51. The van der Waals surface area contributed by atoms with Crippen molar-refractivity contribution in [3.8, 4) is 0 Å². The molecule has 0 saturated heterocycles. The van der Waals surface area contributed by atoms with E-state index in [0.717, 1.165) is 34.6 Å². The smallest absolute Gasteiger partial charge is 0.139 e. The van der Waals surface area contributed by atoms with Crippen molar-refractivity contribution in [1.82, 2.24) is 9.55 Å². The fourth-order valence-electron chi connectivity index (χ4n) is 2.77. The minimum absolute atomic E-state index is 0.358. The van der Waals surface area contributed by atoms with Crippen LogP contribution in [0.25, 0.3) is 10.9 Å². The third-order valence-corrected chi connectivity index (χ3v) is 4.71. The van der Waals surface area contributed by atoms with Gasteiger partial charge in [-0.15, -0.1) is 0 Å². The number of halogens is 1. The van der Waals surface area contributed by atoms with Gasteiger partial charge in [0.2, 0.25) is 0 Å². The summed E-state index contributed by atoms with van der Waals surface area (Å²) in [6.07, 6.45) is 4.73. The van der Waals surface area contributed by atoms with E-state index in [-0.39, 0.29) is 6.67 Å². The third-order valence-electron chi connectivity index (χ3n) is 4.71. The minimum Gasteiger partial charge on any atom is -0.345 e. The zero-order valence-electron chi connectivity index (χ0n) is 15.2. The molecule has 2 rings (SSSR count). The number of allylic oxidation sites excluding steroid dienone is 2. The van der Waals surface area contributed by atoms with Crippen molar-refractivity contribution >= 4 is 22.4 Å². The number of hydrogen-bond acceptors (Lipinski definition) is 3. The van der Waals surface area contributed by atoms with Crippen molar-refractivity contribution in [3.05, 3.63) is 35.8 Å². The molecule has 2 aromatic rings. The van der Waals surface area contributed by atoms with Crippen LogP contribution >= 0.6 is 0 Å². The van der Waals surface area contributed by atoms with Gasteiger partial charge in [-0.3, -0.25) is 4.99 Å². The number of rotatable bonds is 7. The van der Waals surface area contributed by atoms with Gasteiger partial charge in [0.1, 0.15) is 12.5 Å². The molecule has 0 aromatic carbocycles. The van der Waals surface area contributed by atoms with Crippen molar-refractivity contribution in [1.29, 1.82) is 0 Å². The first-order valence-corrected chi connectivity index (χ1v) is 8.44. The average Bonchev–Trinajstić information content (AvgIpc) is 3.02. The number of fused-ring (bicyclic) bond motifs is 1. The largest absolute Gasteiger partial charge is 0.345 e. The standard InChI is InChI=1S/C19H27FN4/c1-6-13(2)14(3)18(15(4)21-5)23-19-16-8-11-24(12-9-20)17(16)7-10-22-19/h7-8,10-11,13H,6,9,12H2,1-5H3,(H,22,23)/b18-14+,21-15?. The number of aromatic nitrogens is 2. The maximum absolute atomic E-state index is 12.7. The topological polar surface area (TPSA) is 42.2 Å². The van der Waals surface area contributed by atoms with E-state index in [1.807, 2.05) is 29.8 Å². The molecule has 0 spiro atoms. The van der Waals surface area contributed by atoms with Gasteiger partial charge in [0.05, 0.1) is 23.5 Å². The van der Waals surface area contributed by atoms with E-state index in [0.29, 0.717) is 12.5 Å². The molecule has 1 atom stereocenters. The van der Waals surface area contributed by atoms with Crippen molar-refractivity contribution in [2.75, 3.05) is 19.0 Å². The van der Waals surface area contributed by atoms with Crippen LogP contribution in [0.5, 0.6) is 0 Å². The Kier molecular flexibility index (Phi) is 6.12. The van der Waals surface area contributed by atoms with Crippen LogP contribution in [0.4, 0.5) is 10.2 Å². The van der Waals surface area contributed by atoms with Crippen molar-refractivity contribution < 1.29 is 4.39 Å². The van der Waals surface area contributed by atoms with Crippen LogP contribution in [-0.2, 0) is 6.54 Å². The second kappa shape index (κ2) is 8.08. The van der Waals surface area contributed by atoms with Gasteiger partial charge in [-0.05, 0) is 43.9 Å². The highest BCUT2D eigenvalue weighted by molar-refractivity contribution is 6.03. The van der Waals surface area contributed by atoms with E-state index in [1.165, 1.54) is 5.57 Å². The van der Waals surface area contributed by atoms with Gasteiger partial charge in [-0.25, -0.2) is 9.37 Å². The van der Waals surface area contributed by atoms with Crippen molar-refractivity contribution in [2.24, 2.45) is 10.9 Å². The Labute approximate surface area is 143 Å². The lowest BCUT2D eigenvalue weighted by molar-refractivity contribution is 0.451. The molecule has 0 fully saturated rings. The molecule has 24 heavy (non-hydrogen) atoms. The Bertz CT molecular complexity index is 758. The first-order valence-electron chi connectivity index (χ1n) is 8.44. The molecule has 0 radical (unpaired) electrons. The second-order valence-electron chi connectivity index (χ2n) is 6.09. The van der Waals surface area contributed by atoms with Crippen LogP contribution < -0.4 is 5.32 Å². The van der Waals surface area contributed by atoms with Crippen molar-refractivity contribution in [2.45, 2.75) is 40.7 Å². The molecule has 1 N–H and O–H groups in total. The number of hydrogen-bond donors (Lipinski definition) is 1. The number of anilines is 1. The van der Waals surface area contributed by atoms with E-state index in [1.54, 1.807) is 13.2 Å². The first kappa shape index (κ1) is 18.2. The number of pyridine rings is 1. The molecule has 4 nitrogen and oxygen atoms in total. The van der Waals surface area contributed by atoms with Crippen LogP contribution in [-0.4, -0.2) is 29.0 Å². The average molecular weight is 330 g/mol. The molecule has 2 heterocycles. The molecule has 0 aliphatic carbocycles. The molecule has 130 valence electrons. The Morgan fingerprint density at radius 1 is 1.38 bits per heavy atom. The highest BCUT2D eigenvalue weighted by atomic mass is 19.1. The summed E-state index contributed by atoms with van der Waals surface area (Å²) in [6, 6.07) is 3.90. The van der Waals surface area contributed by atoms with Crippen LogP contribution in [0.3, 0.4) is 0 Å². The van der Waals surface area contributed by atoms with E-state index in [9.17, 15) is 4.39 Å². The lowest BCUT2D eigenvalue weighted by Gasteiger charge is -2.18. The van der Waals surface area contributed by atoms with Crippen LogP contribution in [0.1, 0.15) is 34.1 Å². The first-order chi connectivity index (χ1) is 11.5. The SMILES string of the molecule is CCC(C)/C(C)=C(/Nc1nccc2c1ccn2CCF)C(C)=NC. The summed E-state index contributed by atoms with van der Waals surface area (Å²) in [5.41, 5.74) is 4.22. The number of nitrogens with one attached hydrogen (secondary N) is 1. The molecule has 1 unspecified atom stereocenters. The lowest BCUT2D eigenvalue weighted by Crippen LogP contribution is -2.15. The van der Waals surface area contributed by atoms with E-state index in [4.69, 9.17) is 0 Å². The van der Waals surface area contributed by atoms with Crippen LogP contribution in [0.15, 0.2) is 40.8 Å². The quantitative estimate of drug-likeness (QED) is 0.739. The molecular formula is C19H27FN4. The van der Waals surface area contributed by atoms with Gasteiger partial charge in [-0.1, -0.05) is 13.8 Å². The van der Waals surface area contributed by atoms with Gasteiger partial charge in [0.15, 0.2) is 0 Å². The summed E-state index contributed by atoms with van der Waals surface area (Å²) in [5, 5.41) is 4.46. The third kappa shape index (κ3) is 3.66. The summed E-state index contributed by atoms with van der Waals surface area (Å²) >= 11 is 0. The van der Waals surface area contributed by atoms with E-state index < -0.39 is 0 Å². The van der Waals surface area contributed by atoms with Crippen molar-refractivity contribution in [3.63, 3.8) is 0 Å². The van der Waals surface area contributed by atoms with Gasteiger partial charge in [-0.2, -0.15) is 0 Å². The zero-order chi connectivity index (χ0) is 17.7. The molecule has 5 heteroatoms. The van der Waals surface area contributed by atoms with Gasteiger partial charge < -0.3 is 9.88 Å². The summed E-state index contributed by atoms with van der Waals surface area (Å²) in [4.78, 5) is 8.85. The van der Waals surface area contributed by atoms with E-state index in [2.05, 4.69) is 36.1 Å². The Hall–Kier alpha value is -2.17. The molecule has 0 saturated carbocycles. The second-order valence-corrected chi connectivity index (χ2v) is 6.09. The zero-order valence-corrected chi connectivity index (χ0v) is 15.2.